The number of likely N-dealkylation sites (tertiary alicyclic amines) is 1. The number of carbonyl (C=O) groups is 2. The summed E-state index contributed by atoms with van der Waals surface area (Å²) >= 11 is 3.44. The van der Waals surface area contributed by atoms with E-state index in [1.807, 2.05) is 24.3 Å². The molecule has 1 aromatic carbocycles. The molecule has 162 valence electrons. The van der Waals surface area contributed by atoms with Gasteiger partial charge in [0, 0.05) is 18.1 Å². The van der Waals surface area contributed by atoms with Gasteiger partial charge in [0.1, 0.15) is 11.9 Å². The first kappa shape index (κ1) is 22.3. The summed E-state index contributed by atoms with van der Waals surface area (Å²) in [5, 5.41) is 2.61. The van der Waals surface area contributed by atoms with Crippen LogP contribution >= 0.6 is 15.9 Å². The fraction of sp³-hybridized carbons (Fsp3) is 0.476. The summed E-state index contributed by atoms with van der Waals surface area (Å²) in [7, 11) is 2.78. The Morgan fingerprint density at radius 3 is 2.67 bits per heavy atom. The molecule has 0 unspecified atom stereocenters. The van der Waals surface area contributed by atoms with E-state index in [4.69, 9.17) is 4.74 Å². The Morgan fingerprint density at radius 1 is 1.27 bits per heavy atom. The third-order valence-electron chi connectivity index (χ3n) is 5.42. The Labute approximate surface area is 184 Å². The molecule has 1 saturated heterocycles. The number of nitrogens with zero attached hydrogens (tertiary/aromatic N) is 2. The number of benzene rings is 1. The number of imidazole rings is 1. The van der Waals surface area contributed by atoms with Crippen LogP contribution in [-0.4, -0.2) is 59.8 Å². The first-order valence-corrected chi connectivity index (χ1v) is 10.7. The van der Waals surface area contributed by atoms with Crippen molar-refractivity contribution in [3.05, 3.63) is 40.8 Å². The molecule has 2 aromatic rings. The van der Waals surface area contributed by atoms with Crippen LogP contribution < -0.4 is 5.32 Å². The maximum Gasteiger partial charge on any atom is 0.407 e. The van der Waals surface area contributed by atoms with Gasteiger partial charge in [0.15, 0.2) is 0 Å². The fourth-order valence-electron chi connectivity index (χ4n) is 3.64. The number of methoxy groups -OCH3 is 2. The first-order valence-electron chi connectivity index (χ1n) is 9.93. The van der Waals surface area contributed by atoms with Crippen molar-refractivity contribution in [2.75, 3.05) is 20.8 Å². The molecule has 0 saturated carbocycles. The number of aromatic nitrogens is 2. The van der Waals surface area contributed by atoms with Crippen molar-refractivity contribution < 1.29 is 19.1 Å². The van der Waals surface area contributed by atoms with Crippen molar-refractivity contribution in [3.8, 4) is 11.3 Å². The molecule has 0 radical (unpaired) electrons. The second kappa shape index (κ2) is 10.1. The van der Waals surface area contributed by atoms with Gasteiger partial charge in [-0.25, -0.2) is 9.78 Å². The van der Waals surface area contributed by atoms with Gasteiger partial charge in [-0.3, -0.25) is 4.79 Å². The van der Waals surface area contributed by atoms with Gasteiger partial charge in [0.25, 0.3) is 0 Å². The number of carbonyl (C=O) groups excluding carboxylic acids is 2. The summed E-state index contributed by atoms with van der Waals surface area (Å²) in [4.78, 5) is 34.9. The number of ether oxygens (including phenoxy) is 2. The van der Waals surface area contributed by atoms with Crippen LogP contribution in [0.5, 0.6) is 0 Å². The van der Waals surface area contributed by atoms with Gasteiger partial charge in [-0.05, 0) is 43.9 Å². The standard InChI is InChI=1S/C21H27BrN4O4/c1-13(29-2)18(25-21(28)30-3)20(27)26-11-5-4-6-17(26)19-23-12-16(24-19)14-7-9-15(22)10-8-14/h7-10,12-13,17-18H,4-6,11H2,1-3H3,(H,23,24)(H,25,28)/t13-,17+,18+/m1/s1. The highest BCUT2D eigenvalue weighted by Gasteiger charge is 2.37. The quantitative estimate of drug-likeness (QED) is 0.660. The zero-order valence-corrected chi connectivity index (χ0v) is 18.9. The number of amides is 2. The average molecular weight is 479 g/mol. The monoisotopic (exact) mass is 478 g/mol. The smallest absolute Gasteiger partial charge is 0.407 e. The molecule has 1 fully saturated rings. The first-order chi connectivity index (χ1) is 14.4. The van der Waals surface area contributed by atoms with Crippen LogP contribution in [0, 0.1) is 0 Å². The molecule has 0 bridgehead atoms. The molecule has 9 heteroatoms. The summed E-state index contributed by atoms with van der Waals surface area (Å²) in [5.74, 6) is 0.531. The lowest BCUT2D eigenvalue weighted by Gasteiger charge is -2.37. The van der Waals surface area contributed by atoms with E-state index in [0.29, 0.717) is 6.54 Å². The zero-order chi connectivity index (χ0) is 21.7. The molecule has 8 nitrogen and oxygen atoms in total. The molecule has 0 spiro atoms. The summed E-state index contributed by atoms with van der Waals surface area (Å²) in [6, 6.07) is 6.91. The molecule has 2 amide bonds. The van der Waals surface area contributed by atoms with Crippen LogP contribution in [0.1, 0.15) is 38.1 Å². The highest BCUT2D eigenvalue weighted by molar-refractivity contribution is 9.10. The minimum Gasteiger partial charge on any atom is -0.453 e. The highest BCUT2D eigenvalue weighted by atomic mass is 79.9. The van der Waals surface area contributed by atoms with Gasteiger partial charge in [-0.2, -0.15) is 0 Å². The lowest BCUT2D eigenvalue weighted by molar-refractivity contribution is -0.140. The van der Waals surface area contributed by atoms with Crippen LogP contribution in [0.25, 0.3) is 11.3 Å². The number of nitrogens with one attached hydrogen (secondary N) is 2. The zero-order valence-electron chi connectivity index (χ0n) is 17.4. The predicted molar refractivity (Wildman–Crippen MR) is 116 cm³/mol. The lowest BCUT2D eigenvalue weighted by atomic mass is 9.99. The maximum absolute atomic E-state index is 13.4. The number of hydrogen-bond acceptors (Lipinski definition) is 5. The number of halogens is 1. The fourth-order valence-corrected chi connectivity index (χ4v) is 3.91. The molecular formula is C21H27BrN4O4. The van der Waals surface area contributed by atoms with Crippen LogP contribution in [0.2, 0.25) is 0 Å². The Kier molecular flexibility index (Phi) is 7.49. The van der Waals surface area contributed by atoms with E-state index >= 15 is 0 Å². The lowest BCUT2D eigenvalue weighted by Crippen LogP contribution is -2.55. The summed E-state index contributed by atoms with van der Waals surface area (Å²) in [6.07, 6.45) is 3.31. The van der Waals surface area contributed by atoms with Gasteiger partial charge < -0.3 is 24.7 Å². The van der Waals surface area contributed by atoms with Crippen molar-refractivity contribution in [1.29, 1.82) is 0 Å². The van der Waals surface area contributed by atoms with Gasteiger partial charge >= 0.3 is 6.09 Å². The second-order valence-electron chi connectivity index (χ2n) is 7.29. The van der Waals surface area contributed by atoms with Gasteiger partial charge in [0.2, 0.25) is 5.91 Å². The van der Waals surface area contributed by atoms with Gasteiger partial charge in [0.05, 0.1) is 31.1 Å². The molecular weight excluding hydrogens is 452 g/mol. The van der Waals surface area contributed by atoms with Gasteiger partial charge in [-0.1, -0.05) is 28.1 Å². The van der Waals surface area contributed by atoms with Crippen LogP contribution in [0.3, 0.4) is 0 Å². The molecule has 2 heterocycles. The Morgan fingerprint density at radius 2 is 2.00 bits per heavy atom. The average Bonchev–Trinajstić information content (AvgIpc) is 3.27. The Balaban J connectivity index is 1.84. The van der Waals surface area contributed by atoms with E-state index in [0.717, 1.165) is 40.8 Å². The summed E-state index contributed by atoms with van der Waals surface area (Å²) in [5.41, 5.74) is 1.91. The minimum absolute atomic E-state index is 0.193. The third-order valence-corrected chi connectivity index (χ3v) is 5.95. The molecule has 3 rings (SSSR count). The minimum atomic E-state index is -0.844. The van der Waals surface area contributed by atoms with E-state index in [9.17, 15) is 9.59 Å². The molecule has 2 N–H and O–H groups in total. The number of piperidine rings is 1. The Hall–Kier alpha value is -2.39. The largest absolute Gasteiger partial charge is 0.453 e. The number of H-pyrrole nitrogens is 1. The van der Waals surface area contributed by atoms with E-state index < -0.39 is 18.2 Å². The molecule has 1 aliphatic rings. The number of rotatable bonds is 6. The second-order valence-corrected chi connectivity index (χ2v) is 8.20. The molecule has 1 aromatic heterocycles. The molecule has 0 aliphatic carbocycles. The van der Waals surface area contributed by atoms with E-state index in [1.54, 1.807) is 18.0 Å². The number of alkyl carbamates (subject to hydrolysis) is 1. The molecule has 1 aliphatic heterocycles. The van der Waals surface area contributed by atoms with E-state index in [-0.39, 0.29) is 11.9 Å². The number of hydrogen-bond donors (Lipinski definition) is 2. The van der Waals surface area contributed by atoms with Crippen molar-refractivity contribution in [2.45, 2.75) is 44.4 Å². The third kappa shape index (κ3) is 5.02. The maximum atomic E-state index is 13.4. The van der Waals surface area contributed by atoms with Crippen molar-refractivity contribution in [2.24, 2.45) is 0 Å². The highest BCUT2D eigenvalue weighted by Crippen LogP contribution is 2.31. The molecule has 3 atom stereocenters. The van der Waals surface area contributed by atoms with Crippen LogP contribution in [-0.2, 0) is 14.3 Å². The van der Waals surface area contributed by atoms with E-state index in [2.05, 4.69) is 36.0 Å². The van der Waals surface area contributed by atoms with E-state index in [1.165, 1.54) is 14.2 Å². The van der Waals surface area contributed by atoms with Gasteiger partial charge in [-0.15, -0.1) is 0 Å². The van der Waals surface area contributed by atoms with Crippen molar-refractivity contribution in [3.63, 3.8) is 0 Å². The van der Waals surface area contributed by atoms with Crippen molar-refractivity contribution >= 4 is 27.9 Å². The normalized spacial score (nSPS) is 18.5. The van der Waals surface area contributed by atoms with Crippen LogP contribution in [0.4, 0.5) is 4.79 Å². The predicted octanol–water partition coefficient (Wildman–Crippen LogP) is 3.65. The SMILES string of the molecule is COC(=O)N[C@H](C(=O)N1CCCC[C@H]1c1ncc(-c2ccc(Br)cc2)[nH]1)[C@@H](C)OC. The van der Waals surface area contributed by atoms with Crippen LogP contribution in [0.15, 0.2) is 34.9 Å². The van der Waals surface area contributed by atoms with Crippen molar-refractivity contribution in [1.82, 2.24) is 20.2 Å². The topological polar surface area (TPSA) is 96.5 Å². The Bertz CT molecular complexity index is 870. The number of aromatic amines is 1. The molecule has 30 heavy (non-hydrogen) atoms. The summed E-state index contributed by atoms with van der Waals surface area (Å²) in [6.45, 7) is 2.34. The summed E-state index contributed by atoms with van der Waals surface area (Å²) < 4.78 is 11.0.